The van der Waals surface area contributed by atoms with Crippen molar-refractivity contribution in [2.45, 2.75) is 11.8 Å². The lowest BCUT2D eigenvalue weighted by molar-refractivity contribution is 1.51. The highest BCUT2D eigenvalue weighted by Gasteiger charge is 1.96. The molecule has 0 radical (unpaired) electrons. The van der Waals surface area contributed by atoms with Crippen molar-refractivity contribution in [3.63, 3.8) is 0 Å². The number of benzene rings is 1. The second-order valence-corrected chi connectivity index (χ2v) is 3.71. The van der Waals surface area contributed by atoms with E-state index in [1.165, 1.54) is 0 Å². The van der Waals surface area contributed by atoms with E-state index in [4.69, 9.17) is 23.2 Å². The zero-order chi connectivity index (χ0) is 8.97. The van der Waals surface area contributed by atoms with Gasteiger partial charge < -0.3 is 0 Å². The fraction of sp³-hybridized carbons (Fsp3) is 0.200. The Hall–Kier alpha value is -0.460. The van der Waals surface area contributed by atoms with E-state index in [-0.39, 0.29) is 0 Å². The van der Waals surface area contributed by atoms with Gasteiger partial charge >= 0.3 is 0 Å². The molecule has 0 saturated carbocycles. The molecule has 0 heterocycles. The average Bonchev–Trinajstić information content (AvgIpc) is 2.05. The number of hydrogen-bond acceptors (Lipinski definition) is 0. The molecule has 0 saturated heterocycles. The molecule has 1 aromatic carbocycles. The highest BCUT2D eigenvalue weighted by atomic mass is 35.5. The summed E-state index contributed by atoms with van der Waals surface area (Å²) in [7, 11) is 0. The van der Waals surface area contributed by atoms with Crippen LogP contribution in [0.4, 0.5) is 0 Å². The summed E-state index contributed by atoms with van der Waals surface area (Å²) in [5.74, 6) is 0. The molecular weight excluding hydrogens is 191 g/mol. The third-order valence-corrected chi connectivity index (χ3v) is 1.86. The summed E-state index contributed by atoms with van der Waals surface area (Å²) in [5.41, 5.74) is 2.26. The first kappa shape index (κ1) is 9.63. The molecule has 0 fully saturated rings. The lowest BCUT2D eigenvalue weighted by atomic mass is 10.1. The molecule has 0 aliphatic rings. The smallest absolute Gasteiger partial charge is 0.101 e. The van der Waals surface area contributed by atoms with Crippen molar-refractivity contribution in [3.05, 3.63) is 42.0 Å². The zero-order valence-corrected chi connectivity index (χ0v) is 8.31. The van der Waals surface area contributed by atoms with Crippen LogP contribution in [0.15, 0.2) is 36.4 Å². The lowest BCUT2D eigenvalue weighted by Crippen LogP contribution is -1.83. The van der Waals surface area contributed by atoms with Crippen LogP contribution in [0, 0.1) is 0 Å². The van der Waals surface area contributed by atoms with Gasteiger partial charge in [0.15, 0.2) is 0 Å². The largest absolute Gasteiger partial charge is 0.126 e. The van der Waals surface area contributed by atoms with Crippen molar-refractivity contribution in [2.24, 2.45) is 0 Å². The quantitative estimate of drug-likeness (QED) is 0.636. The lowest BCUT2D eigenvalue weighted by Gasteiger charge is -2.00. The maximum absolute atomic E-state index is 5.61. The maximum Gasteiger partial charge on any atom is 0.126 e. The third-order valence-electron chi connectivity index (χ3n) is 1.61. The number of allylic oxidation sites excluding steroid dienone is 2. The molecule has 0 aliphatic carbocycles. The second-order valence-electron chi connectivity index (χ2n) is 2.55. The van der Waals surface area contributed by atoms with E-state index in [1.54, 1.807) is 0 Å². The summed E-state index contributed by atoms with van der Waals surface area (Å²) >= 11 is 11.2. The Balaban J connectivity index is 2.85. The standard InChI is InChI=1S/C10H10Cl2/c1-8(7-10(11)12)9-5-3-2-4-6-9/h2-7,10H,1H3. The molecule has 0 spiro atoms. The molecule has 1 rings (SSSR count). The third kappa shape index (κ3) is 2.88. The summed E-state index contributed by atoms with van der Waals surface area (Å²) in [4.78, 5) is -0.426. The molecule has 0 amide bonds. The molecule has 2 heteroatoms. The summed E-state index contributed by atoms with van der Waals surface area (Å²) in [6, 6.07) is 10.0. The van der Waals surface area contributed by atoms with Gasteiger partial charge in [-0.15, -0.1) is 23.2 Å². The van der Waals surface area contributed by atoms with Crippen LogP contribution in [0.3, 0.4) is 0 Å². The Morgan fingerprint density at radius 2 is 1.83 bits per heavy atom. The van der Waals surface area contributed by atoms with Crippen molar-refractivity contribution < 1.29 is 0 Å². The first-order chi connectivity index (χ1) is 5.70. The van der Waals surface area contributed by atoms with Crippen LogP contribution in [-0.4, -0.2) is 4.84 Å². The average molecular weight is 201 g/mol. The maximum atomic E-state index is 5.61. The van der Waals surface area contributed by atoms with Crippen LogP contribution in [-0.2, 0) is 0 Å². The Kier molecular flexibility index (Phi) is 3.64. The van der Waals surface area contributed by atoms with Crippen molar-refractivity contribution in [3.8, 4) is 0 Å². The van der Waals surface area contributed by atoms with Crippen molar-refractivity contribution in [2.75, 3.05) is 0 Å². The minimum atomic E-state index is -0.426. The highest BCUT2D eigenvalue weighted by molar-refractivity contribution is 6.45. The predicted molar refractivity (Wildman–Crippen MR) is 55.6 cm³/mol. The van der Waals surface area contributed by atoms with Gasteiger partial charge in [-0.1, -0.05) is 30.3 Å². The SMILES string of the molecule is CC(=CC(Cl)Cl)c1ccccc1. The topological polar surface area (TPSA) is 0 Å². The molecule has 0 unspecified atom stereocenters. The molecule has 0 nitrogen and oxygen atoms in total. The van der Waals surface area contributed by atoms with Gasteiger partial charge in [-0.2, -0.15) is 0 Å². The number of rotatable bonds is 2. The first-order valence-electron chi connectivity index (χ1n) is 3.72. The van der Waals surface area contributed by atoms with Gasteiger partial charge in [0.1, 0.15) is 4.84 Å². The van der Waals surface area contributed by atoms with E-state index < -0.39 is 4.84 Å². The summed E-state index contributed by atoms with van der Waals surface area (Å²) in [6.07, 6.45) is 1.82. The van der Waals surface area contributed by atoms with Gasteiger partial charge in [0, 0.05) is 0 Å². The molecule has 64 valence electrons. The van der Waals surface area contributed by atoms with Crippen LogP contribution >= 0.6 is 23.2 Å². The molecule has 0 aromatic heterocycles. The van der Waals surface area contributed by atoms with Crippen LogP contribution < -0.4 is 0 Å². The van der Waals surface area contributed by atoms with E-state index in [2.05, 4.69) is 0 Å². The number of alkyl halides is 2. The van der Waals surface area contributed by atoms with Crippen molar-refractivity contribution in [1.82, 2.24) is 0 Å². The fourth-order valence-corrected chi connectivity index (χ4v) is 1.36. The summed E-state index contributed by atoms with van der Waals surface area (Å²) < 4.78 is 0. The van der Waals surface area contributed by atoms with Gasteiger partial charge in [0.2, 0.25) is 0 Å². The monoisotopic (exact) mass is 200 g/mol. The van der Waals surface area contributed by atoms with Crippen LogP contribution in [0.25, 0.3) is 5.57 Å². The molecule has 0 N–H and O–H groups in total. The molecule has 1 aromatic rings. The van der Waals surface area contributed by atoms with E-state index in [0.29, 0.717) is 0 Å². The number of halogens is 2. The van der Waals surface area contributed by atoms with Crippen LogP contribution in [0.1, 0.15) is 12.5 Å². The van der Waals surface area contributed by atoms with Crippen LogP contribution in [0.2, 0.25) is 0 Å². The number of hydrogen-bond donors (Lipinski definition) is 0. The fourth-order valence-electron chi connectivity index (χ4n) is 0.986. The van der Waals surface area contributed by atoms with E-state index >= 15 is 0 Å². The van der Waals surface area contributed by atoms with Crippen molar-refractivity contribution >= 4 is 28.8 Å². The summed E-state index contributed by atoms with van der Waals surface area (Å²) in [6.45, 7) is 1.99. The van der Waals surface area contributed by atoms with E-state index in [0.717, 1.165) is 11.1 Å². The Morgan fingerprint density at radius 3 is 2.33 bits per heavy atom. The Labute approximate surface area is 82.8 Å². The molecule has 12 heavy (non-hydrogen) atoms. The van der Waals surface area contributed by atoms with Crippen LogP contribution in [0.5, 0.6) is 0 Å². The van der Waals surface area contributed by atoms with Gasteiger partial charge in [-0.25, -0.2) is 0 Å². The van der Waals surface area contributed by atoms with Crippen molar-refractivity contribution in [1.29, 1.82) is 0 Å². The highest BCUT2D eigenvalue weighted by Crippen LogP contribution is 2.16. The first-order valence-corrected chi connectivity index (χ1v) is 4.59. The van der Waals surface area contributed by atoms with Gasteiger partial charge in [-0.05, 0) is 24.1 Å². The Bertz CT molecular complexity index is 262. The van der Waals surface area contributed by atoms with E-state index in [1.807, 2.05) is 43.3 Å². The minimum absolute atomic E-state index is 0.426. The van der Waals surface area contributed by atoms with Gasteiger partial charge in [0.25, 0.3) is 0 Å². The second kappa shape index (κ2) is 4.54. The van der Waals surface area contributed by atoms with Gasteiger partial charge in [0.05, 0.1) is 0 Å². The Morgan fingerprint density at radius 1 is 1.25 bits per heavy atom. The minimum Gasteiger partial charge on any atom is -0.101 e. The van der Waals surface area contributed by atoms with E-state index in [9.17, 15) is 0 Å². The summed E-state index contributed by atoms with van der Waals surface area (Å²) in [5, 5.41) is 0. The molecule has 0 bridgehead atoms. The van der Waals surface area contributed by atoms with Gasteiger partial charge in [-0.3, -0.25) is 0 Å². The zero-order valence-electron chi connectivity index (χ0n) is 6.80. The predicted octanol–water partition coefficient (Wildman–Crippen LogP) is 3.89. The molecular formula is C10H10Cl2. The molecule has 0 aliphatic heterocycles. The molecule has 0 atom stereocenters. The normalized spacial score (nSPS) is 12.2.